The molecule has 8 heteroatoms. The van der Waals surface area contributed by atoms with Gasteiger partial charge in [0, 0.05) is 0 Å². The number of halogens is 7. The quantitative estimate of drug-likeness (QED) is 0.345. The predicted molar refractivity (Wildman–Crippen MR) is 55.4 cm³/mol. The number of hydrogen-bond donors (Lipinski definition) is 0. The standard InChI is InChI=1S/C5H7Cl5.2ClH.Sb/c1-2-3-4(6,7)5(8,9)10;;;/h2-3H2,1H3;2*1H;/q;;;+2/p-2. The minimum atomic E-state index is -1.61. The maximum atomic E-state index is 5.68. The monoisotopic (exact) mass is 433 g/mol. The van der Waals surface area contributed by atoms with Crippen molar-refractivity contribution in [1.29, 1.82) is 0 Å². The second-order valence-corrected chi connectivity index (χ2v) is 5.72. The summed E-state index contributed by atoms with van der Waals surface area (Å²) in [5.41, 5.74) is 0. The van der Waals surface area contributed by atoms with Crippen molar-refractivity contribution in [1.82, 2.24) is 0 Å². The molecule has 0 aliphatic rings. The van der Waals surface area contributed by atoms with Gasteiger partial charge in [-0.1, -0.05) is 71.3 Å². The Bertz CT molecular complexity index is 110. The fraction of sp³-hybridized carbons (Fsp3) is 1.00. The van der Waals surface area contributed by atoms with Crippen molar-refractivity contribution >= 4 is 82.4 Å². The molecule has 0 aliphatic carbocycles. The zero-order valence-electron chi connectivity index (χ0n) is 6.51. The van der Waals surface area contributed by atoms with Gasteiger partial charge < -0.3 is 24.8 Å². The normalized spacial score (nSPS) is 10.6. The Morgan fingerprint density at radius 1 is 0.923 bits per heavy atom. The van der Waals surface area contributed by atoms with Gasteiger partial charge in [-0.05, 0) is 6.42 Å². The molecule has 3 radical (unpaired) electrons. The smallest absolute Gasteiger partial charge is 1.00 e. The van der Waals surface area contributed by atoms with E-state index in [1.54, 1.807) is 0 Å². The summed E-state index contributed by atoms with van der Waals surface area (Å²) < 4.78 is -2.88. The van der Waals surface area contributed by atoms with Crippen LogP contribution in [0.4, 0.5) is 0 Å². The molecule has 0 aromatic carbocycles. The third-order valence-corrected chi connectivity index (χ3v) is 3.47. The molecular formula is C5H7Cl7Sb. The largest absolute Gasteiger partial charge is 2.00 e. The third kappa shape index (κ3) is 9.76. The van der Waals surface area contributed by atoms with Gasteiger partial charge in [-0.2, -0.15) is 0 Å². The molecule has 0 atom stereocenters. The van der Waals surface area contributed by atoms with Crippen molar-refractivity contribution in [2.45, 2.75) is 27.9 Å². The molecular weight excluding hydrogens is 430 g/mol. The average Bonchev–Trinajstić information content (AvgIpc) is 1.61. The zero-order chi connectivity index (χ0) is 8.41. The van der Waals surface area contributed by atoms with Crippen molar-refractivity contribution < 1.29 is 24.8 Å². The van der Waals surface area contributed by atoms with Gasteiger partial charge in [0.1, 0.15) is 0 Å². The van der Waals surface area contributed by atoms with Crippen LogP contribution >= 0.6 is 58.0 Å². The summed E-state index contributed by atoms with van der Waals surface area (Å²) in [5, 5.41) is 0. The van der Waals surface area contributed by atoms with E-state index in [2.05, 4.69) is 0 Å². The Hall–Kier alpha value is 2.85. The fourth-order valence-corrected chi connectivity index (χ4v) is 1.12. The Kier molecular flexibility index (Phi) is 19.2. The van der Waals surface area contributed by atoms with Gasteiger partial charge in [0.05, 0.1) is 0 Å². The second kappa shape index (κ2) is 10.0. The summed E-state index contributed by atoms with van der Waals surface area (Å²) in [7, 11) is 0. The van der Waals surface area contributed by atoms with Crippen LogP contribution < -0.4 is 24.8 Å². The summed E-state index contributed by atoms with van der Waals surface area (Å²) in [4.78, 5) is 0. The molecule has 0 spiro atoms. The molecule has 0 aliphatic heterocycles. The first kappa shape index (κ1) is 24.9. The van der Waals surface area contributed by atoms with Crippen LogP contribution in [0.3, 0.4) is 0 Å². The first-order valence-corrected chi connectivity index (χ1v) is 4.65. The van der Waals surface area contributed by atoms with Gasteiger partial charge in [0.25, 0.3) is 0 Å². The molecule has 0 unspecified atom stereocenters. The van der Waals surface area contributed by atoms with Crippen LogP contribution in [0.2, 0.25) is 0 Å². The third-order valence-electron chi connectivity index (χ3n) is 0.979. The van der Waals surface area contributed by atoms with E-state index in [1.807, 2.05) is 6.92 Å². The Morgan fingerprint density at radius 3 is 1.31 bits per heavy atom. The Morgan fingerprint density at radius 2 is 1.23 bits per heavy atom. The van der Waals surface area contributed by atoms with E-state index < -0.39 is 8.13 Å². The summed E-state index contributed by atoms with van der Waals surface area (Å²) >= 11 is 27.8. The predicted octanol–water partition coefficient (Wildman–Crippen LogP) is -2.04. The van der Waals surface area contributed by atoms with Crippen LogP contribution in [0.15, 0.2) is 0 Å². The van der Waals surface area contributed by atoms with Gasteiger partial charge in [-0.25, -0.2) is 0 Å². The van der Waals surface area contributed by atoms with Gasteiger partial charge in [0.2, 0.25) is 3.79 Å². The zero-order valence-corrected chi connectivity index (χ0v) is 14.4. The number of alkyl halides is 5. The molecule has 0 bridgehead atoms. The minimum Gasteiger partial charge on any atom is -1.00 e. The van der Waals surface area contributed by atoms with Gasteiger partial charge in [-0.3, -0.25) is 0 Å². The summed E-state index contributed by atoms with van der Waals surface area (Å²) in [6.45, 7) is 1.91. The SMILES string of the molecule is CCCC(Cl)(Cl)C(Cl)(Cl)Cl.[Cl-].[Cl-].[Sb+2]. The first-order valence-electron chi connectivity index (χ1n) is 2.76. The van der Waals surface area contributed by atoms with E-state index in [1.165, 1.54) is 0 Å². The maximum absolute atomic E-state index is 5.68. The van der Waals surface area contributed by atoms with Crippen molar-refractivity contribution in [3.05, 3.63) is 0 Å². The molecule has 0 aromatic rings. The molecule has 0 aromatic heterocycles. The summed E-state index contributed by atoms with van der Waals surface area (Å²) in [6.07, 6.45) is 1.24. The molecule has 0 rings (SSSR count). The van der Waals surface area contributed by atoms with E-state index in [0.29, 0.717) is 6.42 Å². The van der Waals surface area contributed by atoms with Crippen molar-refractivity contribution in [3.8, 4) is 0 Å². The van der Waals surface area contributed by atoms with Crippen LogP contribution in [-0.4, -0.2) is 32.6 Å². The van der Waals surface area contributed by atoms with E-state index in [-0.39, 0.29) is 49.2 Å². The van der Waals surface area contributed by atoms with Crippen LogP contribution in [0.25, 0.3) is 0 Å². The fourth-order valence-electron chi connectivity index (χ4n) is 0.456. The van der Waals surface area contributed by atoms with Crippen molar-refractivity contribution in [2.24, 2.45) is 0 Å². The molecule has 0 N–H and O–H groups in total. The molecule has 0 saturated heterocycles. The summed E-state index contributed by atoms with van der Waals surface area (Å²) in [5.74, 6) is 0. The Labute approximate surface area is 134 Å². The van der Waals surface area contributed by atoms with Crippen LogP contribution in [0.1, 0.15) is 19.8 Å². The molecule has 0 saturated carbocycles. The summed E-state index contributed by atoms with van der Waals surface area (Å²) in [6, 6.07) is 0. The molecule has 0 nitrogen and oxygen atoms in total. The first-order chi connectivity index (χ1) is 4.31. The number of rotatable bonds is 2. The van der Waals surface area contributed by atoms with E-state index in [9.17, 15) is 0 Å². The van der Waals surface area contributed by atoms with Crippen LogP contribution in [0.5, 0.6) is 0 Å². The second-order valence-electron chi connectivity index (χ2n) is 1.95. The van der Waals surface area contributed by atoms with Gasteiger partial charge in [0.15, 0.2) is 4.33 Å². The average molecular weight is 437 g/mol. The topological polar surface area (TPSA) is 0 Å². The molecule has 0 amide bonds. The van der Waals surface area contributed by atoms with E-state index in [4.69, 9.17) is 58.0 Å². The minimum absolute atomic E-state index is 0. The van der Waals surface area contributed by atoms with Gasteiger partial charge in [-0.15, -0.1) is 0 Å². The number of hydrogen-bond acceptors (Lipinski definition) is 0. The van der Waals surface area contributed by atoms with Crippen molar-refractivity contribution in [2.75, 3.05) is 0 Å². The van der Waals surface area contributed by atoms with E-state index in [0.717, 1.165) is 6.42 Å². The van der Waals surface area contributed by atoms with Crippen LogP contribution in [0, 0.1) is 0 Å². The Balaban J connectivity index is -0.000000135. The molecule has 13 heavy (non-hydrogen) atoms. The van der Waals surface area contributed by atoms with Gasteiger partial charge >= 0.3 is 24.4 Å². The molecule has 0 heterocycles. The van der Waals surface area contributed by atoms with Crippen molar-refractivity contribution in [3.63, 3.8) is 0 Å². The maximum Gasteiger partial charge on any atom is 2.00 e. The molecule has 0 fully saturated rings. The molecule has 81 valence electrons. The van der Waals surface area contributed by atoms with E-state index >= 15 is 0 Å². The van der Waals surface area contributed by atoms with Crippen LogP contribution in [-0.2, 0) is 0 Å².